The highest BCUT2D eigenvalue weighted by atomic mass is 32.2. The number of sulfonamides is 1. The standard InChI is InChI=1S/C16H19F2N3O2S/c1-5-8-21-12(3)14(11(2)19-21)10-20(4)24(22,23)13-6-7-15(17)16(18)9-13/h5-7,9H,1,8,10H2,2-4H3. The van der Waals surface area contributed by atoms with E-state index in [4.69, 9.17) is 0 Å². The molecule has 0 saturated carbocycles. The van der Waals surface area contributed by atoms with Crippen molar-refractivity contribution in [2.24, 2.45) is 0 Å². The van der Waals surface area contributed by atoms with E-state index >= 15 is 0 Å². The SMILES string of the molecule is C=CCn1nc(C)c(CN(C)S(=O)(=O)c2ccc(F)c(F)c2)c1C. The van der Waals surface area contributed by atoms with E-state index in [1.165, 1.54) is 7.05 Å². The quantitative estimate of drug-likeness (QED) is 0.749. The minimum absolute atomic E-state index is 0.0795. The lowest BCUT2D eigenvalue weighted by atomic mass is 10.2. The van der Waals surface area contributed by atoms with Gasteiger partial charge in [0.15, 0.2) is 11.6 Å². The molecule has 130 valence electrons. The molecule has 0 atom stereocenters. The number of allylic oxidation sites excluding steroid dienone is 1. The summed E-state index contributed by atoms with van der Waals surface area (Å²) in [6.45, 7) is 7.89. The van der Waals surface area contributed by atoms with Crippen molar-refractivity contribution in [1.82, 2.24) is 14.1 Å². The van der Waals surface area contributed by atoms with E-state index in [0.29, 0.717) is 18.3 Å². The van der Waals surface area contributed by atoms with Crippen molar-refractivity contribution >= 4 is 10.0 Å². The third-order valence-corrected chi connectivity index (χ3v) is 5.61. The summed E-state index contributed by atoms with van der Waals surface area (Å²) in [5.41, 5.74) is 2.31. The molecule has 0 amide bonds. The van der Waals surface area contributed by atoms with Gasteiger partial charge in [0.2, 0.25) is 10.0 Å². The maximum Gasteiger partial charge on any atom is 0.243 e. The second-order valence-corrected chi connectivity index (χ2v) is 7.50. The van der Waals surface area contributed by atoms with Crippen LogP contribution in [0.1, 0.15) is 17.0 Å². The molecule has 0 aliphatic rings. The molecule has 1 heterocycles. The molecule has 24 heavy (non-hydrogen) atoms. The molecule has 0 N–H and O–H groups in total. The van der Waals surface area contributed by atoms with E-state index in [2.05, 4.69) is 11.7 Å². The minimum atomic E-state index is -3.94. The van der Waals surface area contributed by atoms with Gasteiger partial charge < -0.3 is 0 Å². The summed E-state index contributed by atoms with van der Waals surface area (Å²) in [5, 5.41) is 4.35. The Hall–Kier alpha value is -2.06. The van der Waals surface area contributed by atoms with Crippen LogP contribution < -0.4 is 0 Å². The Labute approximate surface area is 140 Å². The molecule has 1 aromatic carbocycles. The Morgan fingerprint density at radius 1 is 1.29 bits per heavy atom. The smallest absolute Gasteiger partial charge is 0.243 e. The summed E-state index contributed by atoms with van der Waals surface area (Å²) in [7, 11) is -2.55. The number of nitrogens with zero attached hydrogens (tertiary/aromatic N) is 3. The summed E-state index contributed by atoms with van der Waals surface area (Å²) in [6.07, 6.45) is 1.70. The molecule has 8 heteroatoms. The first-order valence-corrected chi connectivity index (χ1v) is 8.67. The van der Waals surface area contributed by atoms with Gasteiger partial charge in [-0.25, -0.2) is 17.2 Å². The zero-order chi connectivity index (χ0) is 18.1. The molecule has 1 aromatic heterocycles. The number of aryl methyl sites for hydroxylation is 1. The predicted molar refractivity (Wildman–Crippen MR) is 86.9 cm³/mol. The van der Waals surface area contributed by atoms with Crippen molar-refractivity contribution < 1.29 is 17.2 Å². The van der Waals surface area contributed by atoms with Gasteiger partial charge in [-0.2, -0.15) is 9.40 Å². The minimum Gasteiger partial charge on any atom is -0.265 e. The number of benzene rings is 1. The molecule has 0 radical (unpaired) electrons. The van der Waals surface area contributed by atoms with Gasteiger partial charge in [0, 0.05) is 24.8 Å². The molecule has 0 bridgehead atoms. The fourth-order valence-electron chi connectivity index (χ4n) is 2.39. The van der Waals surface area contributed by atoms with Crippen LogP contribution in [0.5, 0.6) is 0 Å². The van der Waals surface area contributed by atoms with Crippen LogP contribution in [0.4, 0.5) is 8.78 Å². The van der Waals surface area contributed by atoms with Gasteiger partial charge in [-0.05, 0) is 32.0 Å². The van der Waals surface area contributed by atoms with Crippen LogP contribution in [0.25, 0.3) is 0 Å². The van der Waals surface area contributed by atoms with Crippen LogP contribution in [-0.2, 0) is 23.1 Å². The lowest BCUT2D eigenvalue weighted by Crippen LogP contribution is -2.27. The Balaban J connectivity index is 2.33. The lowest BCUT2D eigenvalue weighted by molar-refractivity contribution is 0.462. The van der Waals surface area contributed by atoms with E-state index in [0.717, 1.165) is 27.7 Å². The molecule has 0 spiro atoms. The number of halogens is 2. The van der Waals surface area contributed by atoms with Gasteiger partial charge in [-0.3, -0.25) is 4.68 Å². The number of hydrogen-bond donors (Lipinski definition) is 0. The van der Waals surface area contributed by atoms with Crippen molar-refractivity contribution in [3.8, 4) is 0 Å². The van der Waals surface area contributed by atoms with Crippen molar-refractivity contribution in [2.75, 3.05) is 7.05 Å². The van der Waals surface area contributed by atoms with Crippen molar-refractivity contribution in [2.45, 2.75) is 31.8 Å². The van der Waals surface area contributed by atoms with Crippen molar-refractivity contribution in [3.63, 3.8) is 0 Å². The average Bonchev–Trinajstić information content (AvgIpc) is 2.77. The molecular formula is C16H19F2N3O2S. The zero-order valence-corrected chi connectivity index (χ0v) is 14.6. The van der Waals surface area contributed by atoms with Crippen molar-refractivity contribution in [1.29, 1.82) is 0 Å². The third-order valence-electron chi connectivity index (χ3n) is 3.81. The van der Waals surface area contributed by atoms with Gasteiger partial charge in [0.1, 0.15) is 0 Å². The molecular weight excluding hydrogens is 336 g/mol. The third kappa shape index (κ3) is 3.39. The molecule has 2 rings (SSSR count). The second-order valence-electron chi connectivity index (χ2n) is 5.46. The molecule has 0 saturated heterocycles. The molecule has 0 fully saturated rings. The molecule has 0 aliphatic carbocycles. The first-order valence-electron chi connectivity index (χ1n) is 7.23. The molecule has 0 aliphatic heterocycles. The second kappa shape index (κ2) is 6.82. The number of rotatable bonds is 6. The van der Waals surface area contributed by atoms with Crippen LogP contribution in [0, 0.1) is 25.5 Å². The summed E-state index contributed by atoms with van der Waals surface area (Å²) >= 11 is 0. The first kappa shape index (κ1) is 18.3. The largest absolute Gasteiger partial charge is 0.265 e. The van der Waals surface area contributed by atoms with E-state index in [1.807, 2.05) is 6.92 Å². The topological polar surface area (TPSA) is 55.2 Å². The van der Waals surface area contributed by atoms with E-state index < -0.39 is 21.7 Å². The predicted octanol–water partition coefficient (Wildman–Crippen LogP) is 2.78. The fraction of sp³-hybridized carbons (Fsp3) is 0.312. The summed E-state index contributed by atoms with van der Waals surface area (Å²) in [6, 6.07) is 2.53. The maximum atomic E-state index is 13.3. The van der Waals surface area contributed by atoms with Gasteiger partial charge >= 0.3 is 0 Å². The van der Waals surface area contributed by atoms with Crippen LogP contribution >= 0.6 is 0 Å². The molecule has 5 nitrogen and oxygen atoms in total. The van der Waals surface area contributed by atoms with Gasteiger partial charge in [-0.1, -0.05) is 6.08 Å². The molecule has 2 aromatic rings. The highest BCUT2D eigenvalue weighted by molar-refractivity contribution is 7.89. The van der Waals surface area contributed by atoms with Crippen LogP contribution in [-0.4, -0.2) is 29.6 Å². The summed E-state index contributed by atoms with van der Waals surface area (Å²) in [5.74, 6) is -2.29. The normalized spacial score (nSPS) is 11.9. The fourth-order valence-corrected chi connectivity index (χ4v) is 3.54. The van der Waals surface area contributed by atoms with E-state index in [9.17, 15) is 17.2 Å². The van der Waals surface area contributed by atoms with E-state index in [-0.39, 0.29) is 11.4 Å². The van der Waals surface area contributed by atoms with Gasteiger partial charge in [0.05, 0.1) is 17.1 Å². The van der Waals surface area contributed by atoms with E-state index in [1.54, 1.807) is 17.7 Å². The van der Waals surface area contributed by atoms with Crippen LogP contribution in [0.2, 0.25) is 0 Å². The summed E-state index contributed by atoms with van der Waals surface area (Å²) < 4.78 is 54.3. The Morgan fingerprint density at radius 3 is 2.54 bits per heavy atom. The monoisotopic (exact) mass is 355 g/mol. The van der Waals surface area contributed by atoms with Gasteiger partial charge in [0.25, 0.3) is 0 Å². The Bertz CT molecular complexity index is 876. The van der Waals surface area contributed by atoms with Gasteiger partial charge in [-0.15, -0.1) is 6.58 Å². The van der Waals surface area contributed by atoms with Crippen molar-refractivity contribution in [3.05, 3.63) is 59.4 Å². The zero-order valence-electron chi connectivity index (χ0n) is 13.8. The number of aromatic nitrogens is 2. The van der Waals surface area contributed by atoms with Crippen LogP contribution in [0.3, 0.4) is 0 Å². The lowest BCUT2D eigenvalue weighted by Gasteiger charge is -2.17. The number of hydrogen-bond acceptors (Lipinski definition) is 3. The summed E-state index contributed by atoms with van der Waals surface area (Å²) in [4.78, 5) is -0.294. The Kier molecular flexibility index (Phi) is 5.19. The Morgan fingerprint density at radius 2 is 1.96 bits per heavy atom. The average molecular weight is 355 g/mol. The van der Waals surface area contributed by atoms with Crippen LogP contribution in [0.15, 0.2) is 35.7 Å². The molecule has 0 unspecified atom stereocenters. The highest BCUT2D eigenvalue weighted by Crippen LogP contribution is 2.22. The first-order chi connectivity index (χ1) is 11.2. The highest BCUT2D eigenvalue weighted by Gasteiger charge is 2.24. The maximum absolute atomic E-state index is 13.3.